The van der Waals surface area contributed by atoms with Gasteiger partial charge in [-0.2, -0.15) is 0 Å². The zero-order chi connectivity index (χ0) is 98.2. The third-order valence-corrected chi connectivity index (χ3v) is 26.3. The summed E-state index contributed by atoms with van der Waals surface area (Å²) < 4.78 is 2.51. The molecule has 18 amide bonds. The molecule has 0 spiro atoms. The Hall–Kier alpha value is -13.1. The van der Waals surface area contributed by atoms with Crippen molar-refractivity contribution in [3.63, 3.8) is 0 Å². The molecule has 0 aliphatic carbocycles. The minimum Gasteiger partial charge on any atom is -0.508 e. The number of nitrogens with two attached hydrogens (primary N) is 6. The topological polar surface area (TPSA) is 680 Å². The number of aliphatic hydroxyl groups excluding tert-OH is 1. The summed E-state index contributed by atoms with van der Waals surface area (Å²) in [7, 11) is 1.76. The lowest BCUT2D eigenvalue weighted by Gasteiger charge is -2.39. The average Bonchev–Trinajstić information content (AvgIpc) is 1.30. The van der Waals surface area contributed by atoms with Crippen LogP contribution in [-0.2, 0) is 102 Å². The van der Waals surface area contributed by atoms with Gasteiger partial charge >= 0.3 is 6.03 Å². The molecule has 0 radical (unpaired) electrons. The molecule has 0 saturated carbocycles. The number of aliphatic hydroxyl groups is 1. The minimum absolute atomic E-state index is 0.0928. The summed E-state index contributed by atoms with van der Waals surface area (Å²) >= 11 is 0. The molecule has 133 heavy (non-hydrogen) atoms. The molecular weight excluding hydrogens is 1760 g/mol. The lowest BCUT2D eigenvalue weighted by Crippen LogP contribution is -2.65. The number of aromatic amines is 1. The van der Waals surface area contributed by atoms with Gasteiger partial charge < -0.3 is 129 Å². The first-order valence-electron chi connectivity index (χ1n) is 43.6. The summed E-state index contributed by atoms with van der Waals surface area (Å²) in [6.45, 7) is 13.0. The Kier molecular flexibility index (Phi) is 40.6. The molecule has 5 aromatic carbocycles. The summed E-state index contributed by atoms with van der Waals surface area (Å²) in [4.78, 5) is 247. The fourth-order valence-corrected chi connectivity index (χ4v) is 17.6. The van der Waals surface area contributed by atoms with Crippen molar-refractivity contribution >= 4 is 144 Å². The Morgan fingerprint density at radius 1 is 0.556 bits per heavy atom. The number of unbranched alkanes of at least 4 members (excludes halogenated alkanes) is 2. The van der Waals surface area contributed by atoms with Crippen LogP contribution in [0.1, 0.15) is 147 Å². The SMILES string of the molecule is CC(=O)NCCCC[C@H](NC(=O)[C@](C)(CCCCN)NC(=O)[C@H](Cc1ccc2ccccc2c1)NC(=O)[C@H](Cc1ccc(OCCN)cc1)NC(=O)[C@H]1NC(=O)[C@H](CCCNC(N)=O)NC(=O)[C@H](Cc2c[nH]c3c(C)cccc23)NC(=O)[C@H]([C@@H](C)O)NC(=O)[C@H](CC(N)=O)NC(=O)[C@@H](NC(C)=O)C(C)(C)SSC1(C)C)C(=O)N[C@@H](CC(N)=O)C(=O)N[C@H](Cc1ccc(O)cc1)C(N)=O. The molecule has 0 bridgehead atoms. The highest BCUT2D eigenvalue weighted by atomic mass is 33.1. The van der Waals surface area contributed by atoms with Crippen molar-refractivity contribution in [2.75, 3.05) is 32.8 Å². The number of amides is 18. The molecule has 2 heterocycles. The van der Waals surface area contributed by atoms with Crippen LogP contribution in [0.5, 0.6) is 11.5 Å². The molecule has 6 aromatic rings. The number of hydrogen-bond acceptors (Lipinski definition) is 24. The highest BCUT2D eigenvalue weighted by Crippen LogP contribution is 2.47. The van der Waals surface area contributed by atoms with Gasteiger partial charge in [0.1, 0.15) is 90.1 Å². The molecule has 7 rings (SSSR count). The number of para-hydroxylation sites is 1. The molecule has 0 unspecified atom stereocenters. The first-order valence-corrected chi connectivity index (χ1v) is 45.7. The van der Waals surface area contributed by atoms with Crippen LogP contribution in [-0.4, -0.2) is 236 Å². The number of phenolic OH excluding ortho intramolecular Hbond substituents is 1. The van der Waals surface area contributed by atoms with Crippen LogP contribution < -0.4 is 114 Å². The zero-order valence-corrected chi connectivity index (χ0v) is 77.5. The Morgan fingerprint density at radius 3 is 1.77 bits per heavy atom. The summed E-state index contributed by atoms with van der Waals surface area (Å²) in [6, 6.07) is 9.61. The minimum atomic E-state index is -2.06. The first-order chi connectivity index (χ1) is 62.8. The molecule has 43 heteroatoms. The average molecular weight is 1890 g/mol. The molecule has 722 valence electrons. The Morgan fingerprint density at radius 2 is 1.14 bits per heavy atom. The van der Waals surface area contributed by atoms with Crippen molar-refractivity contribution in [3.8, 4) is 11.5 Å². The van der Waals surface area contributed by atoms with Gasteiger partial charge in [-0.15, -0.1) is 0 Å². The normalized spacial score (nSPS) is 19.0. The molecule has 41 nitrogen and oxygen atoms in total. The predicted molar refractivity (Wildman–Crippen MR) is 498 cm³/mol. The van der Waals surface area contributed by atoms with E-state index >= 15 is 28.8 Å². The van der Waals surface area contributed by atoms with Crippen LogP contribution in [0.25, 0.3) is 21.7 Å². The monoisotopic (exact) mass is 1880 g/mol. The first kappa shape index (κ1) is 107. The van der Waals surface area contributed by atoms with Crippen molar-refractivity contribution in [2.45, 2.75) is 240 Å². The van der Waals surface area contributed by atoms with Crippen molar-refractivity contribution in [1.29, 1.82) is 0 Å². The third-order valence-electron chi connectivity index (χ3n) is 22.1. The number of H-pyrrole nitrogens is 1. The van der Waals surface area contributed by atoms with Gasteiger partial charge in [0, 0.05) is 85.8 Å². The number of nitrogens with one attached hydrogen (secondary N) is 15. The van der Waals surface area contributed by atoms with Crippen LogP contribution in [0.2, 0.25) is 0 Å². The summed E-state index contributed by atoms with van der Waals surface area (Å²) in [5.41, 5.74) is 35.5. The van der Waals surface area contributed by atoms with Crippen molar-refractivity contribution < 1.29 is 96.5 Å². The lowest BCUT2D eigenvalue weighted by molar-refractivity contribution is -0.138. The number of hydrogen-bond donors (Lipinski definition) is 23. The summed E-state index contributed by atoms with van der Waals surface area (Å²) in [6.07, 6.45) is -3.28. The van der Waals surface area contributed by atoms with Crippen LogP contribution in [0.15, 0.2) is 115 Å². The molecule has 1 aliphatic rings. The van der Waals surface area contributed by atoms with Crippen molar-refractivity contribution in [2.24, 2.45) is 34.4 Å². The fraction of sp³-hybridized carbons (Fsp3) is 0.478. The standard InChI is InChI=1S/C90H125N21O20S2/c1-48-18-16-21-60-57(47-99-71(48)60)44-66-79(122)101-61(23-17-38-98-87(96)130)77(120)110-74(89(7,8)133-132-88(5,6)73(100-51(4)114)84(127)107-68(46-70(94)117)81(124)109-72(49(2)112)83(126)105-66)85(128)106-64(42-53-27-32-59(33-28-53)131-39-36-92)78(121)103-65(43-54-24-29-55-19-10-11-20-56(55)40-54)82(125)111-90(9,34-13-14-35-91)86(129)108-62(22-12-15-37-97-50(3)113)76(119)104-67(45-69(93)116)80(123)102-63(75(95)118)41-52-25-30-58(115)31-26-52/h10-11,16,18-21,24-33,40,47,49,61-68,72-74,99,112,115H,12-15,17,22-23,34-39,41-46,91-92H2,1-9H3,(H2,93,116)(H2,94,117)(H2,95,118)(H,97,113)(H,100,114)(H,101,122)(H,102,123)(H,103,121)(H,104,119)(H,105,126)(H,106,128)(H,107,127)(H,108,129)(H,109,124)(H,110,120)(H,111,125)(H3,96,98,130)/t49-,61+,62+,63-,64+,65+,66+,67+,68+,72+,73-,74-,90+/m1/s1. The van der Waals surface area contributed by atoms with E-state index in [0.29, 0.717) is 44.3 Å². The number of carbonyl (C=O) groups excluding carboxylic acids is 17. The van der Waals surface area contributed by atoms with E-state index in [1.807, 2.05) is 31.2 Å². The highest BCUT2D eigenvalue weighted by Gasteiger charge is 2.47. The second-order valence-electron chi connectivity index (χ2n) is 34.1. The van der Waals surface area contributed by atoms with Gasteiger partial charge in [0.15, 0.2) is 0 Å². The van der Waals surface area contributed by atoms with Gasteiger partial charge in [0.05, 0.1) is 18.9 Å². The van der Waals surface area contributed by atoms with Gasteiger partial charge in [0.25, 0.3) is 0 Å². The van der Waals surface area contributed by atoms with E-state index in [2.05, 4.69) is 79.4 Å². The van der Waals surface area contributed by atoms with Crippen LogP contribution >= 0.6 is 21.6 Å². The number of primary amides is 4. The van der Waals surface area contributed by atoms with E-state index in [0.717, 1.165) is 46.4 Å². The van der Waals surface area contributed by atoms with Gasteiger partial charge in [-0.05, 0) is 169 Å². The second-order valence-corrected chi connectivity index (χ2v) is 37.5. The van der Waals surface area contributed by atoms with E-state index in [1.165, 1.54) is 65.8 Å². The van der Waals surface area contributed by atoms with Crippen LogP contribution in [0.4, 0.5) is 4.79 Å². The summed E-state index contributed by atoms with van der Waals surface area (Å²) in [5.74, 6) is -16.0. The molecule has 1 saturated heterocycles. The van der Waals surface area contributed by atoms with Gasteiger partial charge in [0.2, 0.25) is 94.5 Å². The van der Waals surface area contributed by atoms with E-state index in [9.17, 15) is 63.0 Å². The van der Waals surface area contributed by atoms with Crippen molar-refractivity contribution in [1.82, 2.24) is 79.4 Å². The molecule has 1 aromatic heterocycles. The zero-order valence-electron chi connectivity index (χ0n) is 75.9. The van der Waals surface area contributed by atoms with Gasteiger partial charge in [-0.3, -0.25) is 76.7 Å². The molecular formula is C90H125N21O20S2. The number of rotatable bonds is 43. The number of urea groups is 1. The van der Waals surface area contributed by atoms with E-state index < -0.39 is 201 Å². The maximum absolute atomic E-state index is 16.3. The Bertz CT molecular complexity index is 5160. The predicted octanol–water partition coefficient (Wildman–Crippen LogP) is -1.38. The van der Waals surface area contributed by atoms with Gasteiger partial charge in [-0.25, -0.2) is 4.79 Å². The second kappa shape index (κ2) is 50.5. The third kappa shape index (κ3) is 33.3. The number of benzene rings is 5. The number of aromatic nitrogens is 1. The molecule has 1 fully saturated rings. The van der Waals surface area contributed by atoms with E-state index in [-0.39, 0.29) is 115 Å². The Balaban J connectivity index is 1.36. The highest BCUT2D eigenvalue weighted by molar-refractivity contribution is 8.77. The maximum atomic E-state index is 16.3. The largest absolute Gasteiger partial charge is 0.508 e. The number of ether oxygens (including phenoxy) is 1. The van der Waals surface area contributed by atoms with Crippen LogP contribution in [0.3, 0.4) is 0 Å². The van der Waals surface area contributed by atoms with Crippen molar-refractivity contribution in [3.05, 3.63) is 143 Å². The molecule has 13 atom stereocenters. The van der Waals surface area contributed by atoms with Crippen LogP contribution in [0, 0.1) is 6.92 Å². The fourth-order valence-electron chi connectivity index (χ4n) is 14.7. The van der Waals surface area contributed by atoms with E-state index in [4.69, 9.17) is 39.1 Å². The molecule has 1 aliphatic heterocycles. The lowest BCUT2D eigenvalue weighted by atomic mass is 9.91. The molecule has 29 N–H and O–H groups in total. The number of aromatic hydroxyl groups is 1. The smallest absolute Gasteiger partial charge is 0.312 e. The summed E-state index contributed by atoms with van der Waals surface area (Å²) in [5, 5.41) is 60.2. The number of phenols is 1. The van der Waals surface area contributed by atoms with Gasteiger partial charge in [-0.1, -0.05) is 107 Å². The number of carbonyl (C=O) groups is 17. The maximum Gasteiger partial charge on any atom is 0.312 e. The quantitative estimate of drug-likeness (QED) is 0.0155. The van der Waals surface area contributed by atoms with E-state index in [1.54, 1.807) is 66.9 Å². The number of aryl methyl sites for hydroxylation is 1. The number of fused-ring (bicyclic) bond motifs is 2. The Labute approximate surface area is 777 Å².